The van der Waals surface area contributed by atoms with Gasteiger partial charge in [0.1, 0.15) is 24.8 Å². The zero-order chi connectivity index (χ0) is 17.5. The van der Waals surface area contributed by atoms with Crippen molar-refractivity contribution in [2.45, 2.75) is 0 Å². The monoisotopic (exact) mass is 343 g/mol. The number of nitrogens with zero attached hydrogens (tertiary/aromatic N) is 1. The molecule has 0 aliphatic heterocycles. The minimum atomic E-state index is -0.635. The second-order valence-electron chi connectivity index (χ2n) is 5.15. The van der Waals surface area contributed by atoms with E-state index in [-0.39, 0.29) is 24.7 Å². The summed E-state index contributed by atoms with van der Waals surface area (Å²) >= 11 is 0. The highest BCUT2D eigenvalue weighted by Gasteiger charge is 2.07. The highest BCUT2D eigenvalue weighted by molar-refractivity contribution is 5.25. The number of hydrogen-bond acceptors (Lipinski definition) is 3. The van der Waals surface area contributed by atoms with Crippen LogP contribution in [0.25, 0.3) is 0 Å². The van der Waals surface area contributed by atoms with Gasteiger partial charge in [0.15, 0.2) is 23.1 Å². The van der Waals surface area contributed by atoms with E-state index in [4.69, 9.17) is 9.47 Å². The Balaban J connectivity index is 1.71. The second kappa shape index (κ2) is 8.54. The lowest BCUT2D eigenvalue weighted by atomic mass is 10.3. The molecule has 0 atom stereocenters. The van der Waals surface area contributed by atoms with Crippen LogP contribution >= 0.6 is 0 Å². The van der Waals surface area contributed by atoms with E-state index in [1.807, 2.05) is 0 Å². The first-order valence-electron chi connectivity index (χ1n) is 7.30. The molecular weight excluding hydrogens is 326 g/mol. The quantitative estimate of drug-likeness (QED) is 0.683. The van der Waals surface area contributed by atoms with E-state index < -0.39 is 23.3 Å². The van der Waals surface area contributed by atoms with E-state index >= 15 is 0 Å². The number of benzene rings is 2. The highest BCUT2D eigenvalue weighted by Crippen LogP contribution is 2.18. The summed E-state index contributed by atoms with van der Waals surface area (Å²) in [4.78, 5) is 1.80. The molecule has 24 heavy (non-hydrogen) atoms. The minimum absolute atomic E-state index is 0.144. The number of halogens is 4. The van der Waals surface area contributed by atoms with Crippen LogP contribution in [-0.4, -0.2) is 38.3 Å². The van der Waals surface area contributed by atoms with Crippen molar-refractivity contribution in [3.63, 3.8) is 0 Å². The number of hydrogen-bond donors (Lipinski definition) is 0. The average molecular weight is 343 g/mol. The molecule has 0 heterocycles. The van der Waals surface area contributed by atoms with E-state index in [0.29, 0.717) is 13.1 Å². The van der Waals surface area contributed by atoms with Crippen LogP contribution in [0.1, 0.15) is 0 Å². The zero-order valence-electron chi connectivity index (χ0n) is 13.1. The maximum absolute atomic E-state index is 13.4. The fourth-order valence-corrected chi connectivity index (χ4v) is 1.91. The average Bonchev–Trinajstić information content (AvgIpc) is 2.54. The number of ether oxygens (including phenoxy) is 2. The van der Waals surface area contributed by atoms with Crippen molar-refractivity contribution in [2.75, 3.05) is 33.4 Å². The Labute approximate surface area is 137 Å². The van der Waals surface area contributed by atoms with Crippen LogP contribution in [0.15, 0.2) is 36.4 Å². The van der Waals surface area contributed by atoms with Gasteiger partial charge in [-0.2, -0.15) is 0 Å². The summed E-state index contributed by atoms with van der Waals surface area (Å²) in [5, 5.41) is 0. The van der Waals surface area contributed by atoms with Crippen LogP contribution in [0.5, 0.6) is 11.5 Å². The van der Waals surface area contributed by atoms with Crippen molar-refractivity contribution >= 4 is 0 Å². The summed E-state index contributed by atoms with van der Waals surface area (Å²) in [6, 6.07) is 5.97. The maximum atomic E-state index is 13.4. The molecule has 0 aliphatic rings. The minimum Gasteiger partial charge on any atom is -0.489 e. The lowest BCUT2D eigenvalue weighted by Gasteiger charge is -2.17. The fraction of sp³-hybridized carbons (Fsp3) is 0.294. The van der Waals surface area contributed by atoms with Crippen molar-refractivity contribution in [2.24, 2.45) is 0 Å². The molecule has 130 valence electrons. The Morgan fingerprint density at radius 1 is 0.750 bits per heavy atom. The number of likely N-dealkylation sites (N-methyl/N-ethyl adjacent to an activating group) is 1. The molecule has 2 rings (SSSR count). The van der Waals surface area contributed by atoms with Gasteiger partial charge in [-0.25, -0.2) is 17.6 Å². The van der Waals surface area contributed by atoms with Gasteiger partial charge in [-0.1, -0.05) is 0 Å². The molecule has 2 aromatic rings. The first-order chi connectivity index (χ1) is 11.5. The van der Waals surface area contributed by atoms with E-state index in [1.54, 1.807) is 11.9 Å². The first kappa shape index (κ1) is 18.1. The van der Waals surface area contributed by atoms with Gasteiger partial charge in [-0.15, -0.1) is 0 Å². The van der Waals surface area contributed by atoms with Gasteiger partial charge >= 0.3 is 0 Å². The van der Waals surface area contributed by atoms with E-state index in [0.717, 1.165) is 36.4 Å². The molecular formula is C17H17F4NO2. The van der Waals surface area contributed by atoms with E-state index in [1.165, 1.54) is 0 Å². The zero-order valence-corrected chi connectivity index (χ0v) is 13.1. The Kier molecular flexibility index (Phi) is 6.43. The molecule has 7 heteroatoms. The molecule has 0 radical (unpaired) electrons. The van der Waals surface area contributed by atoms with E-state index in [9.17, 15) is 17.6 Å². The third kappa shape index (κ3) is 5.42. The van der Waals surface area contributed by atoms with Crippen molar-refractivity contribution in [1.29, 1.82) is 0 Å². The molecule has 2 aromatic carbocycles. The third-order valence-electron chi connectivity index (χ3n) is 3.25. The molecule has 0 aromatic heterocycles. The Morgan fingerprint density at radius 3 is 1.58 bits per heavy atom. The summed E-state index contributed by atoms with van der Waals surface area (Å²) in [6.45, 7) is 1.13. The van der Waals surface area contributed by atoms with Crippen LogP contribution in [0.2, 0.25) is 0 Å². The summed E-state index contributed by atoms with van der Waals surface area (Å²) in [7, 11) is 1.76. The smallest absolute Gasteiger partial charge is 0.165 e. The van der Waals surface area contributed by atoms with Crippen LogP contribution in [0.3, 0.4) is 0 Å². The fourth-order valence-electron chi connectivity index (χ4n) is 1.91. The topological polar surface area (TPSA) is 21.7 Å². The highest BCUT2D eigenvalue weighted by atomic mass is 19.1. The van der Waals surface area contributed by atoms with E-state index in [2.05, 4.69) is 0 Å². The molecule has 0 saturated heterocycles. The normalized spacial score (nSPS) is 10.9. The standard InChI is InChI=1S/C17H17F4NO2/c1-22(6-8-23-16-10-12(18)2-4-14(16)20)7-9-24-17-11-13(19)3-5-15(17)21/h2-5,10-11H,6-9H2,1H3. The van der Waals surface area contributed by atoms with Crippen LogP contribution in [0, 0.1) is 23.3 Å². The van der Waals surface area contributed by atoms with Crippen molar-refractivity contribution in [3.8, 4) is 11.5 Å². The first-order valence-corrected chi connectivity index (χ1v) is 7.30. The predicted octanol–water partition coefficient (Wildman–Crippen LogP) is 3.63. The Morgan fingerprint density at radius 2 is 1.17 bits per heavy atom. The number of rotatable bonds is 8. The van der Waals surface area contributed by atoms with Gasteiger partial charge in [0.05, 0.1) is 0 Å². The molecule has 0 aliphatic carbocycles. The Hall–Kier alpha value is -2.28. The van der Waals surface area contributed by atoms with Gasteiger partial charge in [0, 0.05) is 25.2 Å². The molecule has 0 spiro atoms. The lowest BCUT2D eigenvalue weighted by Crippen LogP contribution is -2.28. The molecule has 0 N–H and O–H groups in total. The summed E-state index contributed by atoms with van der Waals surface area (Å²) in [6.07, 6.45) is 0. The van der Waals surface area contributed by atoms with Crippen molar-refractivity contribution in [3.05, 3.63) is 59.7 Å². The van der Waals surface area contributed by atoms with Gasteiger partial charge in [-0.05, 0) is 31.3 Å². The predicted molar refractivity (Wildman–Crippen MR) is 81.2 cm³/mol. The third-order valence-corrected chi connectivity index (χ3v) is 3.25. The largest absolute Gasteiger partial charge is 0.489 e. The molecule has 3 nitrogen and oxygen atoms in total. The SMILES string of the molecule is CN(CCOc1cc(F)ccc1F)CCOc1cc(F)ccc1F. The van der Waals surface area contributed by atoms with Crippen LogP contribution in [0.4, 0.5) is 17.6 Å². The van der Waals surface area contributed by atoms with Gasteiger partial charge in [0.2, 0.25) is 0 Å². The molecule has 0 fully saturated rings. The van der Waals surface area contributed by atoms with Gasteiger partial charge in [0.25, 0.3) is 0 Å². The lowest BCUT2D eigenvalue weighted by molar-refractivity contribution is 0.195. The molecule has 0 unspecified atom stereocenters. The summed E-state index contributed by atoms with van der Waals surface area (Å²) in [5.41, 5.74) is 0. The second-order valence-corrected chi connectivity index (χ2v) is 5.15. The summed E-state index contributed by atoms with van der Waals surface area (Å²) in [5.74, 6) is -2.73. The summed E-state index contributed by atoms with van der Waals surface area (Å²) < 4.78 is 63.1. The van der Waals surface area contributed by atoms with Crippen LogP contribution in [-0.2, 0) is 0 Å². The van der Waals surface area contributed by atoms with Gasteiger partial charge < -0.3 is 9.47 Å². The molecule has 0 bridgehead atoms. The Bertz CT molecular complexity index is 624. The van der Waals surface area contributed by atoms with Crippen LogP contribution < -0.4 is 9.47 Å². The van der Waals surface area contributed by atoms with Crippen molar-refractivity contribution < 1.29 is 27.0 Å². The molecule has 0 amide bonds. The van der Waals surface area contributed by atoms with Gasteiger partial charge in [-0.3, -0.25) is 4.90 Å². The maximum Gasteiger partial charge on any atom is 0.165 e. The van der Waals surface area contributed by atoms with Crippen molar-refractivity contribution in [1.82, 2.24) is 4.90 Å². The molecule has 0 saturated carbocycles.